The van der Waals surface area contributed by atoms with Crippen LogP contribution in [0.1, 0.15) is 29.5 Å². The minimum absolute atomic E-state index is 0.0401. The number of nitrogen functional groups attached to an aromatic ring is 1. The van der Waals surface area contributed by atoms with Crippen molar-refractivity contribution in [3.05, 3.63) is 64.5 Å². The number of anilines is 1. The predicted molar refractivity (Wildman–Crippen MR) is 121 cm³/mol. The fourth-order valence-electron chi connectivity index (χ4n) is 2.86. The van der Waals surface area contributed by atoms with Crippen molar-refractivity contribution in [2.45, 2.75) is 26.3 Å². The second-order valence-electron chi connectivity index (χ2n) is 6.31. The van der Waals surface area contributed by atoms with E-state index in [9.17, 15) is 9.59 Å². The Balaban J connectivity index is 0.000000819. The Morgan fingerprint density at radius 1 is 1.24 bits per heavy atom. The number of aryl methyl sites for hydroxylation is 2. The maximum Gasteiger partial charge on any atom is 0.290 e. The zero-order chi connectivity index (χ0) is 24.6. The fraction of sp³-hybridized carbons (Fsp3) is 0.238. The van der Waals surface area contributed by atoms with Gasteiger partial charge in [0.1, 0.15) is 5.82 Å². The molecule has 0 aliphatic carbocycles. The number of imidazole rings is 1. The Labute approximate surface area is 189 Å². The summed E-state index contributed by atoms with van der Waals surface area (Å²) in [5.41, 5.74) is 6.84. The number of rotatable bonds is 7. The topological polar surface area (TPSA) is 193 Å². The third-order valence-corrected chi connectivity index (χ3v) is 4.16. The Bertz CT molecular complexity index is 1090. The van der Waals surface area contributed by atoms with Crippen LogP contribution in [-0.4, -0.2) is 55.1 Å². The zero-order valence-electron chi connectivity index (χ0n) is 18.0. The smallest absolute Gasteiger partial charge is 0.290 e. The third kappa shape index (κ3) is 9.04. The molecule has 0 unspecified atom stereocenters. The van der Waals surface area contributed by atoms with Crippen LogP contribution in [-0.2, 0) is 22.6 Å². The monoisotopic (exact) mass is 458 g/mol. The Morgan fingerprint density at radius 3 is 2.58 bits per heavy atom. The first-order valence-electron chi connectivity index (χ1n) is 9.81. The molecule has 0 saturated carbocycles. The van der Waals surface area contributed by atoms with Crippen LogP contribution in [0, 0.1) is 0 Å². The molecule has 0 fully saturated rings. The number of carbonyl (C=O) groups excluding carboxylic acids is 1. The second kappa shape index (κ2) is 14.5. The first-order chi connectivity index (χ1) is 15.9. The van der Waals surface area contributed by atoms with Crippen LogP contribution in [0.2, 0.25) is 0 Å². The molecular formula is C21H26N6O6. The summed E-state index contributed by atoms with van der Waals surface area (Å²) in [5, 5.41) is 16.7. The maximum atomic E-state index is 12.4. The van der Waals surface area contributed by atoms with E-state index in [1.807, 2.05) is 6.20 Å². The van der Waals surface area contributed by atoms with Gasteiger partial charge in [-0.25, -0.2) is 9.97 Å². The SMILES string of the molecule is CCc1nccn1CCCNC(=O)c1cccc(-c2cc(=O)[nH]c(N)n2)c1.O=CO.O=CO. The minimum atomic E-state index is -0.335. The number of amides is 1. The van der Waals surface area contributed by atoms with E-state index in [1.165, 1.54) is 6.07 Å². The van der Waals surface area contributed by atoms with E-state index in [2.05, 4.69) is 31.8 Å². The highest BCUT2D eigenvalue weighted by atomic mass is 16.3. The first kappa shape index (κ1) is 26.6. The van der Waals surface area contributed by atoms with E-state index in [-0.39, 0.29) is 30.4 Å². The molecule has 6 N–H and O–H groups in total. The Kier molecular flexibility index (Phi) is 11.7. The van der Waals surface area contributed by atoms with Gasteiger partial charge in [-0.2, -0.15) is 0 Å². The fourth-order valence-corrected chi connectivity index (χ4v) is 2.86. The molecule has 0 aliphatic rings. The van der Waals surface area contributed by atoms with Gasteiger partial charge in [0.25, 0.3) is 24.4 Å². The van der Waals surface area contributed by atoms with Gasteiger partial charge in [-0.1, -0.05) is 19.1 Å². The number of aromatic amines is 1. The van der Waals surface area contributed by atoms with Crippen LogP contribution in [0.25, 0.3) is 11.3 Å². The molecular weight excluding hydrogens is 432 g/mol. The standard InChI is InChI=1S/C19H22N6O2.2CH2O2/c1-2-16-21-8-10-25(16)9-4-7-22-18(27)14-6-3-5-13(11-14)15-12-17(26)24-19(20)23-15;2*2-1-3/h3,5-6,8,10-12H,2,4,7,9H2,1H3,(H,22,27)(H3,20,23,24,26);2*1H,(H,2,3). The van der Waals surface area contributed by atoms with Crippen molar-refractivity contribution in [2.75, 3.05) is 12.3 Å². The summed E-state index contributed by atoms with van der Waals surface area (Å²) in [6.07, 6.45) is 5.43. The van der Waals surface area contributed by atoms with E-state index in [4.69, 9.17) is 25.5 Å². The van der Waals surface area contributed by atoms with Gasteiger partial charge < -0.3 is 25.8 Å². The highest BCUT2D eigenvalue weighted by molar-refractivity contribution is 5.95. The molecule has 1 amide bonds. The van der Waals surface area contributed by atoms with Crippen LogP contribution in [0.15, 0.2) is 47.5 Å². The molecule has 0 saturated heterocycles. The quantitative estimate of drug-likeness (QED) is 0.253. The predicted octanol–water partition coefficient (Wildman–Crippen LogP) is 1.000. The summed E-state index contributed by atoms with van der Waals surface area (Å²) < 4.78 is 2.09. The third-order valence-electron chi connectivity index (χ3n) is 4.16. The maximum absolute atomic E-state index is 12.4. The minimum Gasteiger partial charge on any atom is -0.483 e. The highest BCUT2D eigenvalue weighted by Crippen LogP contribution is 2.17. The van der Waals surface area contributed by atoms with Crippen molar-refractivity contribution in [3.8, 4) is 11.3 Å². The molecule has 0 atom stereocenters. The number of benzene rings is 1. The molecule has 12 nitrogen and oxygen atoms in total. The summed E-state index contributed by atoms with van der Waals surface area (Å²) in [4.78, 5) is 51.5. The summed E-state index contributed by atoms with van der Waals surface area (Å²) >= 11 is 0. The van der Waals surface area contributed by atoms with Gasteiger partial charge in [-0.3, -0.25) is 24.2 Å². The molecule has 12 heteroatoms. The molecule has 2 heterocycles. The zero-order valence-corrected chi connectivity index (χ0v) is 18.0. The molecule has 33 heavy (non-hydrogen) atoms. The first-order valence-corrected chi connectivity index (χ1v) is 9.81. The summed E-state index contributed by atoms with van der Waals surface area (Å²) in [6, 6.07) is 8.30. The molecule has 0 bridgehead atoms. The van der Waals surface area contributed by atoms with Gasteiger partial charge in [-0.05, 0) is 18.6 Å². The van der Waals surface area contributed by atoms with Crippen LogP contribution in [0.4, 0.5) is 5.95 Å². The lowest BCUT2D eigenvalue weighted by atomic mass is 10.1. The number of nitrogens with two attached hydrogens (primary N) is 1. The van der Waals surface area contributed by atoms with Crippen LogP contribution >= 0.6 is 0 Å². The molecule has 0 radical (unpaired) electrons. The van der Waals surface area contributed by atoms with Crippen molar-refractivity contribution in [2.24, 2.45) is 0 Å². The van der Waals surface area contributed by atoms with E-state index >= 15 is 0 Å². The van der Waals surface area contributed by atoms with Crippen LogP contribution in [0.3, 0.4) is 0 Å². The highest BCUT2D eigenvalue weighted by Gasteiger charge is 2.09. The lowest BCUT2D eigenvalue weighted by molar-refractivity contribution is -0.123. The van der Waals surface area contributed by atoms with Gasteiger partial charge in [0.05, 0.1) is 5.69 Å². The number of hydrogen-bond donors (Lipinski definition) is 5. The molecule has 1 aromatic carbocycles. The molecule has 2 aromatic heterocycles. The average Bonchev–Trinajstić information content (AvgIpc) is 3.25. The number of H-pyrrole nitrogens is 1. The largest absolute Gasteiger partial charge is 0.483 e. The second-order valence-corrected chi connectivity index (χ2v) is 6.31. The van der Waals surface area contributed by atoms with Gasteiger partial charge >= 0.3 is 0 Å². The lowest BCUT2D eigenvalue weighted by Crippen LogP contribution is -2.25. The molecule has 0 aliphatic heterocycles. The lowest BCUT2D eigenvalue weighted by Gasteiger charge is -2.09. The molecule has 3 rings (SSSR count). The summed E-state index contributed by atoms with van der Waals surface area (Å²) in [6.45, 7) is 2.93. The van der Waals surface area contributed by atoms with E-state index < -0.39 is 0 Å². The number of hydrogen-bond acceptors (Lipinski definition) is 7. The van der Waals surface area contributed by atoms with Crippen LogP contribution in [0.5, 0.6) is 0 Å². The van der Waals surface area contributed by atoms with Gasteiger partial charge in [0.2, 0.25) is 5.95 Å². The number of aromatic nitrogens is 4. The molecule has 0 spiro atoms. The van der Waals surface area contributed by atoms with Crippen molar-refractivity contribution in [1.29, 1.82) is 0 Å². The van der Waals surface area contributed by atoms with E-state index in [0.29, 0.717) is 23.4 Å². The summed E-state index contributed by atoms with van der Waals surface area (Å²) in [7, 11) is 0. The van der Waals surface area contributed by atoms with Crippen molar-refractivity contribution < 1.29 is 24.6 Å². The average molecular weight is 458 g/mol. The number of nitrogens with zero attached hydrogens (tertiary/aromatic N) is 3. The Morgan fingerprint density at radius 2 is 1.94 bits per heavy atom. The van der Waals surface area contributed by atoms with Crippen LogP contribution < -0.4 is 16.6 Å². The van der Waals surface area contributed by atoms with Crippen molar-refractivity contribution in [1.82, 2.24) is 24.8 Å². The van der Waals surface area contributed by atoms with Crippen molar-refractivity contribution >= 4 is 24.8 Å². The number of carbonyl (C=O) groups is 3. The molecule has 3 aromatic rings. The Hall–Kier alpha value is -4.48. The number of nitrogens with one attached hydrogen (secondary N) is 2. The summed E-state index contributed by atoms with van der Waals surface area (Å²) in [5.74, 6) is 0.910. The van der Waals surface area contributed by atoms with Gasteiger partial charge in [0, 0.05) is 49.1 Å². The van der Waals surface area contributed by atoms with E-state index in [1.54, 1.807) is 30.5 Å². The van der Waals surface area contributed by atoms with E-state index in [0.717, 1.165) is 25.2 Å². The van der Waals surface area contributed by atoms with Gasteiger partial charge in [-0.15, -0.1) is 0 Å². The molecule has 176 valence electrons. The van der Waals surface area contributed by atoms with Gasteiger partial charge in [0.15, 0.2) is 0 Å². The number of carboxylic acid groups (broad SMARTS) is 2. The van der Waals surface area contributed by atoms with Crippen molar-refractivity contribution in [3.63, 3.8) is 0 Å². The normalized spacial score (nSPS) is 9.48.